The van der Waals surface area contributed by atoms with Crippen molar-refractivity contribution in [2.24, 2.45) is 5.92 Å². The number of pyridine rings is 1. The summed E-state index contributed by atoms with van der Waals surface area (Å²) in [6.45, 7) is 5.53. The highest BCUT2D eigenvalue weighted by Crippen LogP contribution is 2.41. The average Bonchev–Trinajstić information content (AvgIpc) is 3.13. The molecule has 0 aliphatic carbocycles. The molecule has 1 atom stereocenters. The van der Waals surface area contributed by atoms with Gasteiger partial charge in [0.1, 0.15) is 16.8 Å². The predicted octanol–water partition coefficient (Wildman–Crippen LogP) is 1.53. The van der Waals surface area contributed by atoms with Crippen molar-refractivity contribution in [3.05, 3.63) is 33.9 Å². The second kappa shape index (κ2) is 7.22. The fourth-order valence-electron chi connectivity index (χ4n) is 4.23. The Hall–Kier alpha value is -2.81. The summed E-state index contributed by atoms with van der Waals surface area (Å²) in [4.78, 5) is 28.4. The first-order chi connectivity index (χ1) is 13.8. The molecular formula is C20H25FN4O4. The second-order valence-corrected chi connectivity index (χ2v) is 7.84. The largest absolute Gasteiger partial charge is 0.477 e. The Morgan fingerprint density at radius 2 is 2.21 bits per heavy atom. The van der Waals surface area contributed by atoms with Crippen molar-refractivity contribution in [3.8, 4) is 5.75 Å². The summed E-state index contributed by atoms with van der Waals surface area (Å²) in [7, 11) is 3.79. The van der Waals surface area contributed by atoms with E-state index >= 15 is 4.39 Å². The molecule has 0 amide bonds. The highest BCUT2D eigenvalue weighted by molar-refractivity contribution is 5.97. The average molecular weight is 404 g/mol. The second-order valence-electron chi connectivity index (χ2n) is 7.84. The third-order valence-electron chi connectivity index (χ3n) is 5.86. The maximum absolute atomic E-state index is 15.2. The van der Waals surface area contributed by atoms with Crippen LogP contribution in [-0.2, 0) is 0 Å². The van der Waals surface area contributed by atoms with Crippen LogP contribution < -0.4 is 20.1 Å². The molecule has 2 aliphatic rings. The van der Waals surface area contributed by atoms with Crippen LogP contribution in [-0.4, -0.2) is 67.7 Å². The van der Waals surface area contributed by atoms with Gasteiger partial charge in [0.2, 0.25) is 5.43 Å². The predicted molar refractivity (Wildman–Crippen MR) is 108 cm³/mol. The van der Waals surface area contributed by atoms with E-state index in [2.05, 4.69) is 18.9 Å². The minimum atomic E-state index is -1.34. The molecule has 4 rings (SSSR count). The molecule has 1 fully saturated rings. The Morgan fingerprint density at radius 3 is 2.90 bits per heavy atom. The van der Waals surface area contributed by atoms with E-state index in [1.165, 1.54) is 6.20 Å². The van der Waals surface area contributed by atoms with Crippen molar-refractivity contribution < 1.29 is 19.0 Å². The van der Waals surface area contributed by atoms with Crippen LogP contribution >= 0.6 is 0 Å². The lowest BCUT2D eigenvalue weighted by Crippen LogP contribution is -2.40. The molecule has 0 spiro atoms. The molecule has 3 heterocycles. The molecule has 29 heavy (non-hydrogen) atoms. The summed E-state index contributed by atoms with van der Waals surface area (Å²) in [5.41, 5.74) is -0.353. The van der Waals surface area contributed by atoms with E-state index in [0.29, 0.717) is 36.0 Å². The number of halogens is 1. The van der Waals surface area contributed by atoms with Crippen LogP contribution in [0.3, 0.4) is 0 Å². The molecule has 156 valence electrons. The van der Waals surface area contributed by atoms with E-state index in [1.54, 1.807) is 16.7 Å². The minimum absolute atomic E-state index is 0.00848. The van der Waals surface area contributed by atoms with Crippen LogP contribution in [0.4, 0.5) is 10.1 Å². The third-order valence-corrected chi connectivity index (χ3v) is 5.86. The van der Waals surface area contributed by atoms with Crippen LogP contribution in [0, 0.1) is 11.7 Å². The Labute approximate surface area is 167 Å². The van der Waals surface area contributed by atoms with E-state index < -0.39 is 22.8 Å². The van der Waals surface area contributed by atoms with Crippen molar-refractivity contribution in [3.63, 3.8) is 0 Å². The molecule has 1 aromatic heterocycles. The van der Waals surface area contributed by atoms with Crippen LogP contribution in [0.15, 0.2) is 17.1 Å². The monoisotopic (exact) mass is 404 g/mol. The highest BCUT2D eigenvalue weighted by Gasteiger charge is 2.32. The lowest BCUT2D eigenvalue weighted by Gasteiger charge is -2.33. The van der Waals surface area contributed by atoms with Crippen molar-refractivity contribution >= 4 is 22.6 Å². The summed E-state index contributed by atoms with van der Waals surface area (Å²) in [6, 6.07) is 1.15. The zero-order valence-electron chi connectivity index (χ0n) is 16.8. The summed E-state index contributed by atoms with van der Waals surface area (Å²) in [5.74, 6) is -1.18. The van der Waals surface area contributed by atoms with Crippen LogP contribution in [0.1, 0.15) is 23.7 Å². The van der Waals surface area contributed by atoms with Gasteiger partial charge in [-0.25, -0.2) is 9.18 Å². The third kappa shape index (κ3) is 3.19. The molecule has 2 aliphatic heterocycles. The zero-order chi connectivity index (χ0) is 20.9. The Balaban J connectivity index is 1.84. The van der Waals surface area contributed by atoms with Crippen molar-refractivity contribution in [1.82, 2.24) is 9.58 Å². The molecule has 1 aromatic carbocycles. The van der Waals surface area contributed by atoms with Gasteiger partial charge in [-0.2, -0.15) is 0 Å². The highest BCUT2D eigenvalue weighted by atomic mass is 19.1. The summed E-state index contributed by atoms with van der Waals surface area (Å²) < 4.78 is 22.6. The normalized spacial score (nSPS) is 18.6. The molecule has 0 bridgehead atoms. The van der Waals surface area contributed by atoms with Gasteiger partial charge >= 0.3 is 5.97 Å². The number of anilines is 1. The number of hydrogen-bond acceptors (Lipinski definition) is 6. The summed E-state index contributed by atoms with van der Waals surface area (Å²) in [5, 5.41) is 11.0. The standard InChI is InChI=1S/C20H25FN4O4/c1-4-22(2)8-12-5-6-24(9-12)17-15(21)7-13-16-19(17)29-11-23(3)25(16)10-14(18(13)26)20(27)28/h7,10,12H,4-6,8-9,11H2,1-3H3,(H,27,28). The molecule has 9 heteroatoms. The van der Waals surface area contributed by atoms with Crippen molar-refractivity contribution in [2.75, 3.05) is 56.9 Å². The van der Waals surface area contributed by atoms with Crippen LogP contribution in [0.2, 0.25) is 0 Å². The molecule has 8 nitrogen and oxygen atoms in total. The molecule has 1 N–H and O–H groups in total. The quantitative estimate of drug-likeness (QED) is 0.810. The molecule has 1 saturated heterocycles. The Bertz CT molecular complexity index is 1040. The number of nitrogens with zero attached hydrogens (tertiary/aromatic N) is 4. The van der Waals surface area contributed by atoms with E-state index in [4.69, 9.17) is 4.74 Å². The van der Waals surface area contributed by atoms with Gasteiger partial charge < -0.3 is 19.6 Å². The number of aromatic carboxylic acids is 1. The van der Waals surface area contributed by atoms with Crippen LogP contribution in [0.25, 0.3) is 10.9 Å². The zero-order valence-corrected chi connectivity index (χ0v) is 16.8. The molecule has 1 unspecified atom stereocenters. The smallest absolute Gasteiger partial charge is 0.341 e. The first-order valence-electron chi connectivity index (χ1n) is 9.74. The van der Waals surface area contributed by atoms with Crippen molar-refractivity contribution in [2.45, 2.75) is 13.3 Å². The molecule has 2 aromatic rings. The number of carbonyl (C=O) groups is 1. The maximum atomic E-state index is 15.2. The van der Waals surface area contributed by atoms with Gasteiger partial charge in [-0.1, -0.05) is 6.92 Å². The SMILES string of the molecule is CCN(C)CC1CCN(c2c(F)cc3c(=O)c(C(=O)O)cn4c3c2OCN4C)C1. The number of rotatable bonds is 5. The van der Waals surface area contributed by atoms with Gasteiger partial charge in [0.15, 0.2) is 18.3 Å². The minimum Gasteiger partial charge on any atom is -0.477 e. The van der Waals surface area contributed by atoms with E-state index in [1.807, 2.05) is 4.90 Å². The van der Waals surface area contributed by atoms with Crippen molar-refractivity contribution in [1.29, 1.82) is 0 Å². The molecule has 0 saturated carbocycles. The topological polar surface area (TPSA) is 78.2 Å². The van der Waals surface area contributed by atoms with E-state index in [-0.39, 0.29) is 12.1 Å². The van der Waals surface area contributed by atoms with Gasteiger partial charge in [-0.3, -0.25) is 14.5 Å². The fourth-order valence-corrected chi connectivity index (χ4v) is 4.23. The van der Waals surface area contributed by atoms with Gasteiger partial charge in [-0.15, -0.1) is 0 Å². The summed E-state index contributed by atoms with van der Waals surface area (Å²) >= 11 is 0. The first kappa shape index (κ1) is 19.5. The molecule has 0 radical (unpaired) electrons. The fraction of sp³-hybridized carbons (Fsp3) is 0.500. The number of carboxylic acid groups (broad SMARTS) is 1. The van der Waals surface area contributed by atoms with E-state index in [9.17, 15) is 14.7 Å². The number of hydrogen-bond donors (Lipinski definition) is 1. The Kier molecular flexibility index (Phi) is 4.85. The van der Waals surface area contributed by atoms with Gasteiger partial charge in [0.05, 0.1) is 5.39 Å². The van der Waals surface area contributed by atoms with Gasteiger partial charge in [0.25, 0.3) is 0 Å². The first-order valence-corrected chi connectivity index (χ1v) is 9.74. The van der Waals surface area contributed by atoms with Gasteiger partial charge in [0, 0.05) is 32.9 Å². The maximum Gasteiger partial charge on any atom is 0.341 e. The van der Waals surface area contributed by atoms with Crippen LogP contribution in [0.5, 0.6) is 5.75 Å². The number of ether oxygens (including phenoxy) is 1. The van der Waals surface area contributed by atoms with E-state index in [0.717, 1.165) is 25.6 Å². The molecular weight excluding hydrogens is 379 g/mol. The lowest BCUT2D eigenvalue weighted by molar-refractivity contribution is 0.0694. The summed E-state index contributed by atoms with van der Waals surface area (Å²) in [6.07, 6.45) is 2.23. The Morgan fingerprint density at radius 1 is 1.45 bits per heavy atom. The number of carboxylic acids is 1. The number of aromatic nitrogens is 1. The van der Waals surface area contributed by atoms with Gasteiger partial charge in [-0.05, 0) is 32.0 Å². The number of benzene rings is 1. The lowest BCUT2D eigenvalue weighted by atomic mass is 10.1.